The fourth-order valence-electron chi connectivity index (χ4n) is 4.47. The normalized spacial score (nSPS) is 22.8. The van der Waals surface area contributed by atoms with Gasteiger partial charge in [-0.05, 0) is 43.0 Å². The highest BCUT2D eigenvalue weighted by Crippen LogP contribution is 2.40. The van der Waals surface area contributed by atoms with Gasteiger partial charge in [-0.2, -0.15) is 0 Å². The van der Waals surface area contributed by atoms with Crippen LogP contribution in [0.1, 0.15) is 33.6 Å². The summed E-state index contributed by atoms with van der Waals surface area (Å²) < 4.78 is 10.8. The van der Waals surface area contributed by atoms with Crippen molar-refractivity contribution in [2.75, 3.05) is 20.8 Å². The summed E-state index contributed by atoms with van der Waals surface area (Å²) >= 11 is 0. The molecule has 1 saturated carbocycles. The lowest BCUT2D eigenvalue weighted by Crippen LogP contribution is -2.52. The minimum Gasteiger partial charge on any atom is -0.493 e. The molecule has 2 fully saturated rings. The smallest absolute Gasteiger partial charge is 0.258 e. The Morgan fingerprint density at radius 1 is 1.00 bits per heavy atom. The monoisotopic (exact) mass is 380 g/mol. The van der Waals surface area contributed by atoms with E-state index < -0.39 is 0 Å². The third-order valence-electron chi connectivity index (χ3n) is 5.73. The van der Waals surface area contributed by atoms with Gasteiger partial charge < -0.3 is 19.7 Å². The van der Waals surface area contributed by atoms with Crippen molar-refractivity contribution >= 4 is 11.8 Å². The predicted molar refractivity (Wildman–Crippen MR) is 105 cm³/mol. The number of para-hydroxylation sites is 1. The van der Waals surface area contributed by atoms with Crippen LogP contribution in [0.15, 0.2) is 48.5 Å². The van der Waals surface area contributed by atoms with Gasteiger partial charge in [0.1, 0.15) is 0 Å². The summed E-state index contributed by atoms with van der Waals surface area (Å²) in [5.74, 6) is 1.22. The molecule has 0 aromatic heterocycles. The number of carbonyl (C=O) groups is 2. The Bertz CT molecular complexity index is 883. The second kappa shape index (κ2) is 7.54. The number of methoxy groups -OCH3 is 2. The number of rotatable bonds is 5. The molecule has 2 amide bonds. The predicted octanol–water partition coefficient (Wildman–Crippen LogP) is 2.74. The second-order valence-electron chi connectivity index (χ2n) is 7.35. The van der Waals surface area contributed by atoms with Crippen LogP contribution in [-0.2, 0) is 0 Å². The van der Waals surface area contributed by atoms with Gasteiger partial charge in [-0.25, -0.2) is 0 Å². The maximum atomic E-state index is 13.3. The number of piperidine rings is 1. The lowest BCUT2D eigenvalue weighted by Gasteiger charge is -2.34. The van der Waals surface area contributed by atoms with Crippen LogP contribution in [0.25, 0.3) is 0 Å². The molecule has 6 heteroatoms. The van der Waals surface area contributed by atoms with Gasteiger partial charge in [0, 0.05) is 18.2 Å². The molecule has 4 rings (SSSR count). The van der Waals surface area contributed by atoms with Crippen molar-refractivity contribution < 1.29 is 19.1 Å². The van der Waals surface area contributed by atoms with Gasteiger partial charge in [0.25, 0.3) is 11.8 Å². The maximum absolute atomic E-state index is 13.3. The van der Waals surface area contributed by atoms with Crippen LogP contribution < -0.4 is 14.8 Å². The van der Waals surface area contributed by atoms with Crippen LogP contribution in [0.3, 0.4) is 0 Å². The highest BCUT2D eigenvalue weighted by atomic mass is 16.5. The number of benzene rings is 2. The van der Waals surface area contributed by atoms with Crippen molar-refractivity contribution in [3.05, 3.63) is 59.7 Å². The van der Waals surface area contributed by atoms with Gasteiger partial charge in [-0.15, -0.1) is 0 Å². The van der Waals surface area contributed by atoms with E-state index in [1.165, 1.54) is 7.11 Å². The molecule has 2 aliphatic rings. The zero-order valence-corrected chi connectivity index (χ0v) is 16.1. The lowest BCUT2D eigenvalue weighted by molar-refractivity contribution is 0.0645. The Balaban J connectivity index is 1.53. The molecule has 1 aliphatic heterocycles. The number of hydrogen-bond donors (Lipinski definition) is 1. The molecule has 1 aliphatic carbocycles. The first-order valence-corrected chi connectivity index (χ1v) is 9.50. The van der Waals surface area contributed by atoms with E-state index in [9.17, 15) is 9.59 Å². The molecule has 2 aromatic rings. The highest BCUT2D eigenvalue weighted by Gasteiger charge is 2.48. The Kier molecular flexibility index (Phi) is 4.94. The Morgan fingerprint density at radius 2 is 1.79 bits per heavy atom. The zero-order chi connectivity index (χ0) is 19.7. The molecule has 1 saturated heterocycles. The molecule has 146 valence electrons. The van der Waals surface area contributed by atoms with E-state index >= 15 is 0 Å². The van der Waals surface area contributed by atoms with E-state index in [4.69, 9.17) is 9.47 Å². The number of carbonyl (C=O) groups excluding carboxylic acids is 2. The molecule has 6 nitrogen and oxygen atoms in total. The van der Waals surface area contributed by atoms with Crippen molar-refractivity contribution in [3.63, 3.8) is 0 Å². The number of nitrogens with zero attached hydrogens (tertiary/aromatic N) is 1. The van der Waals surface area contributed by atoms with Gasteiger partial charge >= 0.3 is 0 Å². The number of ether oxygens (including phenoxy) is 2. The van der Waals surface area contributed by atoms with Gasteiger partial charge in [0.2, 0.25) is 0 Å². The summed E-state index contributed by atoms with van der Waals surface area (Å²) in [6, 6.07) is 14.5. The van der Waals surface area contributed by atoms with Crippen LogP contribution in [0.5, 0.6) is 11.5 Å². The first-order chi connectivity index (χ1) is 13.6. The Hall–Kier alpha value is -3.02. The second-order valence-corrected chi connectivity index (χ2v) is 7.35. The molecule has 0 radical (unpaired) electrons. The average molecular weight is 380 g/mol. The van der Waals surface area contributed by atoms with Crippen LogP contribution >= 0.6 is 0 Å². The topological polar surface area (TPSA) is 67.9 Å². The van der Waals surface area contributed by atoms with Crippen molar-refractivity contribution in [3.8, 4) is 11.5 Å². The molecule has 1 N–H and O–H groups in total. The van der Waals surface area contributed by atoms with Crippen LogP contribution in [-0.4, -0.2) is 49.6 Å². The van der Waals surface area contributed by atoms with E-state index in [1.807, 2.05) is 23.1 Å². The van der Waals surface area contributed by atoms with Gasteiger partial charge in [-0.1, -0.05) is 24.3 Å². The first kappa shape index (κ1) is 18.3. The summed E-state index contributed by atoms with van der Waals surface area (Å²) in [6.45, 7) is 0.710. The van der Waals surface area contributed by atoms with E-state index in [0.29, 0.717) is 35.1 Å². The molecule has 2 bridgehead atoms. The molecule has 2 aromatic carbocycles. The quantitative estimate of drug-likeness (QED) is 0.866. The molecule has 3 unspecified atom stereocenters. The molecular weight excluding hydrogens is 356 g/mol. The molecule has 28 heavy (non-hydrogen) atoms. The van der Waals surface area contributed by atoms with Crippen LogP contribution in [0.2, 0.25) is 0 Å². The summed E-state index contributed by atoms with van der Waals surface area (Å²) in [5.41, 5.74) is 1.13. The largest absolute Gasteiger partial charge is 0.493 e. The third-order valence-corrected chi connectivity index (χ3v) is 5.73. The number of hydrogen-bond acceptors (Lipinski definition) is 4. The third kappa shape index (κ3) is 3.19. The summed E-state index contributed by atoms with van der Waals surface area (Å²) in [4.78, 5) is 27.7. The Labute approximate surface area is 164 Å². The number of likely N-dealkylation sites (tertiary alicyclic amines) is 1. The maximum Gasteiger partial charge on any atom is 0.258 e. The van der Waals surface area contributed by atoms with Crippen LogP contribution in [0, 0.1) is 5.92 Å². The average Bonchev–Trinajstić information content (AvgIpc) is 3.33. The fourth-order valence-corrected chi connectivity index (χ4v) is 4.47. The summed E-state index contributed by atoms with van der Waals surface area (Å²) in [5, 5.41) is 3.13. The van der Waals surface area contributed by atoms with Crippen molar-refractivity contribution in [1.82, 2.24) is 10.2 Å². The zero-order valence-electron chi connectivity index (χ0n) is 16.1. The summed E-state index contributed by atoms with van der Waals surface area (Å²) in [6.07, 6.45) is 1.82. The highest BCUT2D eigenvalue weighted by molar-refractivity contribution is 5.98. The summed E-state index contributed by atoms with van der Waals surface area (Å²) in [7, 11) is 3.09. The number of fused-ring (bicyclic) bond motifs is 2. The van der Waals surface area contributed by atoms with Crippen molar-refractivity contribution in [2.45, 2.75) is 24.9 Å². The van der Waals surface area contributed by atoms with E-state index in [-0.39, 0.29) is 23.9 Å². The van der Waals surface area contributed by atoms with E-state index in [1.54, 1.807) is 37.4 Å². The molecular formula is C22H24N2O4. The van der Waals surface area contributed by atoms with Gasteiger partial charge in [0.05, 0.1) is 25.8 Å². The first-order valence-electron chi connectivity index (χ1n) is 9.50. The number of nitrogens with one attached hydrogen (secondary N) is 1. The van der Waals surface area contributed by atoms with Crippen molar-refractivity contribution in [2.24, 2.45) is 5.92 Å². The number of amides is 2. The van der Waals surface area contributed by atoms with Crippen molar-refractivity contribution in [1.29, 1.82) is 0 Å². The Morgan fingerprint density at radius 3 is 2.46 bits per heavy atom. The SMILES string of the molecule is COc1cccc(C(=O)N2CC3CC(NC(=O)c4ccccc4)C2C3)c1OC. The molecule has 1 heterocycles. The lowest BCUT2D eigenvalue weighted by atomic mass is 10.0. The van der Waals surface area contributed by atoms with Crippen LogP contribution in [0.4, 0.5) is 0 Å². The van der Waals surface area contributed by atoms with Gasteiger partial charge in [-0.3, -0.25) is 9.59 Å². The minimum atomic E-state index is -0.0930. The molecule has 0 spiro atoms. The van der Waals surface area contributed by atoms with Gasteiger partial charge in [0.15, 0.2) is 11.5 Å². The minimum absolute atomic E-state index is 0.000990. The van der Waals surface area contributed by atoms with E-state index in [2.05, 4.69) is 5.32 Å². The molecule has 3 atom stereocenters. The standard InChI is InChI=1S/C22H24N2O4/c1-27-19-10-6-9-16(20(19)28-2)22(26)24-13-14-11-17(18(24)12-14)23-21(25)15-7-4-3-5-8-15/h3-10,14,17-18H,11-13H2,1-2H3,(H,23,25). The fraction of sp³-hybridized carbons (Fsp3) is 0.364. The van der Waals surface area contributed by atoms with E-state index in [0.717, 1.165) is 12.8 Å².